The molecule has 0 radical (unpaired) electrons. The van der Waals surface area contributed by atoms with Crippen molar-refractivity contribution in [2.45, 2.75) is 31.4 Å². The maximum Gasteiger partial charge on any atom is 0.329 e. The number of benzene rings is 2. The van der Waals surface area contributed by atoms with E-state index < -0.39 is 17.7 Å². The van der Waals surface area contributed by atoms with Gasteiger partial charge in [0.05, 0.1) is 5.69 Å². The minimum atomic E-state index is -2.22. The van der Waals surface area contributed by atoms with Gasteiger partial charge in [-0.15, -0.1) is 0 Å². The molecule has 0 aromatic heterocycles. The minimum Gasteiger partial charge on any atom is -0.359 e. The second-order valence-corrected chi connectivity index (χ2v) is 9.47. The molecular formula is C23H26BrClN4O3. The van der Waals surface area contributed by atoms with E-state index in [0.717, 1.165) is 31.0 Å². The van der Waals surface area contributed by atoms with Crippen LogP contribution in [-0.4, -0.2) is 48.1 Å². The lowest BCUT2D eigenvalue weighted by Crippen LogP contribution is -2.62. The summed E-state index contributed by atoms with van der Waals surface area (Å²) in [7, 11) is 0. The van der Waals surface area contributed by atoms with Gasteiger partial charge < -0.3 is 20.6 Å². The third-order valence-electron chi connectivity index (χ3n) is 5.91. The molecule has 2 aromatic rings. The van der Waals surface area contributed by atoms with Crippen LogP contribution in [0.25, 0.3) is 0 Å². The number of nitrogens with one attached hydrogen (secondary N) is 2. The Kier molecular flexibility index (Phi) is 7.05. The van der Waals surface area contributed by atoms with Crippen LogP contribution in [-0.2, 0) is 10.5 Å². The normalized spacial score (nSPS) is 21.1. The zero-order valence-corrected chi connectivity index (χ0v) is 20.0. The first-order chi connectivity index (χ1) is 15.4. The van der Waals surface area contributed by atoms with Gasteiger partial charge in [0.25, 0.3) is 11.6 Å². The molecule has 4 rings (SSSR count). The fraction of sp³-hybridized carbons (Fsp3) is 0.391. The first kappa shape index (κ1) is 23.0. The van der Waals surface area contributed by atoms with Crippen LogP contribution < -0.4 is 15.5 Å². The summed E-state index contributed by atoms with van der Waals surface area (Å²) in [5.74, 6) is -0.653. The summed E-state index contributed by atoms with van der Waals surface area (Å²) in [6, 6.07) is 10.9. The third-order valence-corrected chi connectivity index (χ3v) is 6.66. The highest BCUT2D eigenvalue weighted by molar-refractivity contribution is 9.10. The molecule has 7 nitrogen and oxygen atoms in total. The molecule has 2 aromatic carbocycles. The predicted molar refractivity (Wildman–Crippen MR) is 129 cm³/mol. The van der Waals surface area contributed by atoms with Gasteiger partial charge in [0, 0.05) is 27.3 Å². The largest absolute Gasteiger partial charge is 0.359 e. The number of rotatable bonds is 6. The van der Waals surface area contributed by atoms with Crippen molar-refractivity contribution >= 4 is 50.8 Å². The number of fused-ring (bicyclic) bond motifs is 1. The van der Waals surface area contributed by atoms with Crippen molar-refractivity contribution in [3.8, 4) is 0 Å². The van der Waals surface area contributed by atoms with Crippen LogP contribution in [0.15, 0.2) is 46.9 Å². The summed E-state index contributed by atoms with van der Waals surface area (Å²) in [5.41, 5.74) is -1.20. The van der Waals surface area contributed by atoms with E-state index in [1.807, 2.05) is 0 Å². The molecule has 32 heavy (non-hydrogen) atoms. The van der Waals surface area contributed by atoms with Crippen molar-refractivity contribution in [2.75, 3.05) is 36.4 Å². The number of likely N-dealkylation sites (tertiary alicyclic amines) is 1. The third kappa shape index (κ3) is 4.64. The summed E-state index contributed by atoms with van der Waals surface area (Å²) < 4.78 is 0.680. The molecule has 0 bridgehead atoms. The lowest BCUT2D eigenvalue weighted by Gasteiger charge is -2.42. The lowest BCUT2D eigenvalue weighted by molar-refractivity contribution is -0.140. The molecule has 2 heterocycles. The number of carbonyl (C=O) groups excluding carboxylic acids is 2. The second kappa shape index (κ2) is 9.79. The number of nitrogens with zero attached hydrogens (tertiary/aromatic N) is 2. The fourth-order valence-corrected chi connectivity index (χ4v) is 4.77. The van der Waals surface area contributed by atoms with Crippen molar-refractivity contribution in [3.05, 3.63) is 57.5 Å². The number of urea groups is 1. The maximum atomic E-state index is 13.4. The first-order valence-corrected chi connectivity index (χ1v) is 12.0. The number of hydrogen-bond donors (Lipinski definition) is 3. The highest BCUT2D eigenvalue weighted by atomic mass is 79.9. The van der Waals surface area contributed by atoms with E-state index in [0.29, 0.717) is 27.4 Å². The Morgan fingerprint density at radius 1 is 1.16 bits per heavy atom. The molecule has 3 N–H and O–H groups in total. The number of anilines is 2. The number of carbonyl (C=O) groups is 2. The van der Waals surface area contributed by atoms with Gasteiger partial charge in [-0.3, -0.25) is 9.69 Å². The number of halogens is 2. The SMILES string of the molecule is O=C1Nc2ccc(Br)cc2[C@](O)(C(=O)NCCCN2CCCCC2)N1c1ccc(Cl)cc1. The Morgan fingerprint density at radius 3 is 2.59 bits per heavy atom. The van der Waals surface area contributed by atoms with Gasteiger partial charge in [-0.05, 0) is 81.4 Å². The maximum absolute atomic E-state index is 13.4. The van der Waals surface area contributed by atoms with Crippen molar-refractivity contribution in [3.63, 3.8) is 0 Å². The van der Waals surface area contributed by atoms with E-state index in [4.69, 9.17) is 11.6 Å². The molecule has 2 aliphatic rings. The Balaban J connectivity index is 1.59. The molecule has 0 spiro atoms. The van der Waals surface area contributed by atoms with Crippen molar-refractivity contribution in [2.24, 2.45) is 0 Å². The molecule has 2 aliphatic heterocycles. The zero-order valence-electron chi connectivity index (χ0n) is 17.6. The smallest absolute Gasteiger partial charge is 0.329 e. The van der Waals surface area contributed by atoms with Crippen LogP contribution in [0.1, 0.15) is 31.2 Å². The predicted octanol–water partition coefficient (Wildman–Crippen LogP) is 4.29. The van der Waals surface area contributed by atoms with Gasteiger partial charge in [0.15, 0.2) is 0 Å². The average Bonchev–Trinajstić information content (AvgIpc) is 2.79. The van der Waals surface area contributed by atoms with Gasteiger partial charge in [-0.1, -0.05) is 34.0 Å². The number of piperidine rings is 1. The fourth-order valence-electron chi connectivity index (χ4n) is 4.28. The standard InChI is InChI=1S/C23H26BrClN4O3/c24-16-5-10-20-19(15-16)23(32,21(30)26-11-4-14-28-12-2-1-3-13-28)29(22(31)27-20)18-8-6-17(25)7-9-18/h5-10,15,32H,1-4,11-14H2,(H,26,30)(H,27,31)/t23-/m0/s1. The highest BCUT2D eigenvalue weighted by Crippen LogP contribution is 2.41. The van der Waals surface area contributed by atoms with E-state index in [1.54, 1.807) is 42.5 Å². The monoisotopic (exact) mass is 520 g/mol. The van der Waals surface area contributed by atoms with E-state index in [2.05, 4.69) is 31.5 Å². The summed E-state index contributed by atoms with van der Waals surface area (Å²) in [6.45, 7) is 3.47. The van der Waals surface area contributed by atoms with E-state index in [9.17, 15) is 14.7 Å². The highest BCUT2D eigenvalue weighted by Gasteiger charge is 2.52. The van der Waals surface area contributed by atoms with Gasteiger partial charge in [-0.25, -0.2) is 4.79 Å². The summed E-state index contributed by atoms with van der Waals surface area (Å²) in [6.07, 6.45) is 4.46. The summed E-state index contributed by atoms with van der Waals surface area (Å²) in [5, 5.41) is 17.9. The number of amides is 3. The summed E-state index contributed by atoms with van der Waals surface area (Å²) in [4.78, 5) is 29.9. The molecule has 9 heteroatoms. The molecule has 0 saturated carbocycles. The topological polar surface area (TPSA) is 84.9 Å². The lowest BCUT2D eigenvalue weighted by atomic mass is 9.94. The molecule has 0 aliphatic carbocycles. The average molecular weight is 522 g/mol. The van der Waals surface area contributed by atoms with Crippen LogP contribution in [0.2, 0.25) is 5.02 Å². The zero-order chi connectivity index (χ0) is 22.7. The van der Waals surface area contributed by atoms with Crippen molar-refractivity contribution in [1.29, 1.82) is 0 Å². The molecule has 1 saturated heterocycles. The Labute approximate surface area is 200 Å². The van der Waals surface area contributed by atoms with E-state index in [-0.39, 0.29) is 5.56 Å². The summed E-state index contributed by atoms with van der Waals surface area (Å²) >= 11 is 9.40. The second-order valence-electron chi connectivity index (χ2n) is 8.12. The van der Waals surface area contributed by atoms with Crippen LogP contribution in [0.3, 0.4) is 0 Å². The quantitative estimate of drug-likeness (QED) is 0.495. The molecule has 3 amide bonds. The Morgan fingerprint density at radius 2 is 1.88 bits per heavy atom. The number of hydrogen-bond acceptors (Lipinski definition) is 4. The van der Waals surface area contributed by atoms with Crippen LogP contribution >= 0.6 is 27.5 Å². The molecule has 170 valence electrons. The van der Waals surface area contributed by atoms with Crippen molar-refractivity contribution < 1.29 is 14.7 Å². The first-order valence-electron chi connectivity index (χ1n) is 10.8. The van der Waals surface area contributed by atoms with Gasteiger partial charge in [0.1, 0.15) is 0 Å². The van der Waals surface area contributed by atoms with E-state index in [1.165, 1.54) is 19.3 Å². The molecule has 0 unspecified atom stereocenters. The van der Waals surface area contributed by atoms with Crippen molar-refractivity contribution in [1.82, 2.24) is 10.2 Å². The number of aliphatic hydroxyl groups is 1. The Bertz CT molecular complexity index is 997. The van der Waals surface area contributed by atoms with Crippen LogP contribution in [0, 0.1) is 0 Å². The minimum absolute atomic E-state index is 0.287. The Hall–Kier alpha value is -2.13. The molecule has 1 fully saturated rings. The van der Waals surface area contributed by atoms with E-state index >= 15 is 0 Å². The molecule has 1 atom stereocenters. The van der Waals surface area contributed by atoms with Crippen LogP contribution in [0.5, 0.6) is 0 Å². The van der Waals surface area contributed by atoms with Gasteiger partial charge in [-0.2, -0.15) is 0 Å². The van der Waals surface area contributed by atoms with Crippen LogP contribution in [0.4, 0.5) is 16.2 Å². The molecular weight excluding hydrogens is 496 g/mol. The van der Waals surface area contributed by atoms with Gasteiger partial charge in [0.2, 0.25) is 0 Å². The van der Waals surface area contributed by atoms with Gasteiger partial charge >= 0.3 is 6.03 Å².